The molecule has 20 heavy (non-hydrogen) atoms. The Morgan fingerprint density at radius 3 is 2.95 bits per heavy atom. The number of nitrogens with zero attached hydrogens (tertiary/aromatic N) is 1. The van der Waals surface area contributed by atoms with Gasteiger partial charge in [-0.1, -0.05) is 30.7 Å². The molecule has 2 atom stereocenters. The van der Waals surface area contributed by atoms with Crippen molar-refractivity contribution in [3.05, 3.63) is 34.3 Å². The van der Waals surface area contributed by atoms with Crippen LogP contribution in [-0.2, 0) is 6.42 Å². The largest absolute Gasteiger partial charge is 0.312 e. The van der Waals surface area contributed by atoms with Crippen LogP contribution < -0.4 is 5.32 Å². The van der Waals surface area contributed by atoms with Gasteiger partial charge < -0.3 is 10.2 Å². The molecule has 0 spiro atoms. The topological polar surface area (TPSA) is 15.3 Å². The van der Waals surface area contributed by atoms with Gasteiger partial charge in [-0.05, 0) is 44.1 Å². The molecule has 1 saturated heterocycles. The van der Waals surface area contributed by atoms with Gasteiger partial charge in [0.25, 0.3) is 0 Å². The lowest BCUT2D eigenvalue weighted by Crippen LogP contribution is -2.53. The Morgan fingerprint density at radius 2 is 2.30 bits per heavy atom. The van der Waals surface area contributed by atoms with Gasteiger partial charge in [-0.25, -0.2) is 0 Å². The summed E-state index contributed by atoms with van der Waals surface area (Å²) in [5.74, 6) is 2.45. The van der Waals surface area contributed by atoms with Crippen LogP contribution in [0.15, 0.2) is 18.2 Å². The second-order valence-electron chi connectivity index (χ2n) is 5.59. The number of halogens is 1. The quantitative estimate of drug-likeness (QED) is 0.899. The molecule has 0 amide bonds. The fourth-order valence-corrected chi connectivity index (χ4v) is 4.41. The number of nitrogens with one attached hydrogen (secondary N) is 1. The van der Waals surface area contributed by atoms with E-state index in [1.165, 1.54) is 29.2 Å². The molecular weight excluding hydrogens is 288 g/mol. The number of aryl methyl sites for hydroxylation is 1. The molecule has 1 aromatic rings. The van der Waals surface area contributed by atoms with Crippen LogP contribution in [0, 0.1) is 6.92 Å². The van der Waals surface area contributed by atoms with Crippen molar-refractivity contribution in [3.63, 3.8) is 0 Å². The predicted molar refractivity (Wildman–Crippen MR) is 91.1 cm³/mol. The first kappa shape index (κ1) is 16.2. The fourth-order valence-electron chi connectivity index (χ4n) is 2.79. The maximum atomic E-state index is 6.40. The minimum absolute atomic E-state index is 0.470. The molecule has 2 nitrogen and oxygen atoms in total. The van der Waals surface area contributed by atoms with E-state index < -0.39 is 0 Å². The number of benzene rings is 1. The van der Waals surface area contributed by atoms with Gasteiger partial charge in [-0.3, -0.25) is 0 Å². The Hall–Kier alpha value is -0.220. The zero-order valence-electron chi connectivity index (χ0n) is 12.7. The average Bonchev–Trinajstić information content (AvgIpc) is 2.42. The van der Waals surface area contributed by atoms with Crippen LogP contribution in [0.25, 0.3) is 0 Å². The van der Waals surface area contributed by atoms with Crippen molar-refractivity contribution in [2.45, 2.75) is 32.4 Å². The molecule has 1 aliphatic heterocycles. The SMILES string of the molecule is CCNC(Cc1ccc(C)cc1Cl)C1CSCCN1C. The smallest absolute Gasteiger partial charge is 0.0441 e. The Balaban J connectivity index is 2.11. The van der Waals surface area contributed by atoms with Crippen LogP contribution >= 0.6 is 23.4 Å². The summed E-state index contributed by atoms with van der Waals surface area (Å²) in [4.78, 5) is 2.49. The van der Waals surface area contributed by atoms with E-state index in [0.29, 0.717) is 12.1 Å². The summed E-state index contributed by atoms with van der Waals surface area (Å²) in [6.45, 7) is 6.45. The first-order chi connectivity index (χ1) is 9.61. The van der Waals surface area contributed by atoms with Crippen molar-refractivity contribution in [2.24, 2.45) is 0 Å². The minimum Gasteiger partial charge on any atom is -0.312 e. The summed E-state index contributed by atoms with van der Waals surface area (Å²) in [5.41, 5.74) is 2.48. The van der Waals surface area contributed by atoms with Crippen LogP contribution in [0.3, 0.4) is 0 Å². The van der Waals surface area contributed by atoms with Crippen molar-refractivity contribution < 1.29 is 0 Å². The first-order valence-electron chi connectivity index (χ1n) is 7.38. The van der Waals surface area contributed by atoms with Crippen LogP contribution in [0.2, 0.25) is 5.02 Å². The van der Waals surface area contributed by atoms with Crippen LogP contribution in [0.4, 0.5) is 0 Å². The van der Waals surface area contributed by atoms with Crippen molar-refractivity contribution in [1.29, 1.82) is 0 Å². The highest BCUT2D eigenvalue weighted by Crippen LogP contribution is 2.23. The summed E-state index contributed by atoms with van der Waals surface area (Å²) in [7, 11) is 2.24. The van der Waals surface area contributed by atoms with E-state index in [4.69, 9.17) is 11.6 Å². The molecule has 0 aromatic heterocycles. The average molecular weight is 313 g/mol. The monoisotopic (exact) mass is 312 g/mol. The van der Waals surface area contributed by atoms with Gasteiger partial charge in [0.15, 0.2) is 0 Å². The Bertz CT molecular complexity index is 438. The van der Waals surface area contributed by atoms with Gasteiger partial charge in [0.05, 0.1) is 0 Å². The highest BCUT2D eigenvalue weighted by molar-refractivity contribution is 7.99. The molecule has 0 saturated carbocycles. The summed E-state index contributed by atoms with van der Waals surface area (Å²) in [6, 6.07) is 7.46. The standard InChI is InChI=1S/C16H25ClN2S/c1-4-18-15(16-11-20-8-7-19(16)3)10-13-6-5-12(2)9-14(13)17/h5-6,9,15-16,18H,4,7-8,10-11H2,1-3H3. The Morgan fingerprint density at radius 1 is 1.50 bits per heavy atom. The van der Waals surface area contributed by atoms with E-state index in [-0.39, 0.29) is 0 Å². The molecule has 1 fully saturated rings. The highest BCUT2D eigenvalue weighted by Gasteiger charge is 2.27. The molecule has 1 aromatic carbocycles. The van der Waals surface area contributed by atoms with E-state index in [9.17, 15) is 0 Å². The van der Waals surface area contributed by atoms with Crippen LogP contribution in [0.5, 0.6) is 0 Å². The molecule has 1 aliphatic rings. The summed E-state index contributed by atoms with van der Waals surface area (Å²) in [5, 5.41) is 4.56. The summed E-state index contributed by atoms with van der Waals surface area (Å²) < 4.78 is 0. The van der Waals surface area contributed by atoms with E-state index in [1.54, 1.807) is 0 Å². The zero-order chi connectivity index (χ0) is 14.5. The highest BCUT2D eigenvalue weighted by atomic mass is 35.5. The lowest BCUT2D eigenvalue weighted by Gasteiger charge is -2.38. The van der Waals surface area contributed by atoms with Gasteiger partial charge >= 0.3 is 0 Å². The third-order valence-corrected chi connectivity index (χ3v) is 5.42. The number of likely N-dealkylation sites (N-methyl/N-ethyl adjacent to an activating group) is 2. The number of hydrogen-bond acceptors (Lipinski definition) is 3. The summed E-state index contributed by atoms with van der Waals surface area (Å²) >= 11 is 8.47. The maximum absolute atomic E-state index is 6.40. The molecule has 2 rings (SSSR count). The third kappa shape index (κ3) is 4.14. The van der Waals surface area contributed by atoms with Crippen molar-refractivity contribution >= 4 is 23.4 Å². The molecule has 112 valence electrons. The van der Waals surface area contributed by atoms with Gasteiger partial charge in [0.2, 0.25) is 0 Å². The van der Waals surface area contributed by atoms with E-state index in [1.807, 2.05) is 0 Å². The number of thioether (sulfide) groups is 1. The number of hydrogen-bond donors (Lipinski definition) is 1. The van der Waals surface area contributed by atoms with Gasteiger partial charge in [0.1, 0.15) is 0 Å². The molecule has 2 unspecified atom stereocenters. The van der Waals surface area contributed by atoms with Crippen molar-refractivity contribution in [2.75, 3.05) is 31.6 Å². The van der Waals surface area contributed by atoms with Crippen LogP contribution in [0.1, 0.15) is 18.1 Å². The lowest BCUT2D eigenvalue weighted by molar-refractivity contribution is 0.215. The fraction of sp³-hybridized carbons (Fsp3) is 0.625. The van der Waals surface area contributed by atoms with E-state index in [2.05, 4.69) is 61.1 Å². The van der Waals surface area contributed by atoms with Crippen molar-refractivity contribution in [1.82, 2.24) is 10.2 Å². The molecule has 4 heteroatoms. The van der Waals surface area contributed by atoms with E-state index in [0.717, 1.165) is 18.0 Å². The maximum Gasteiger partial charge on any atom is 0.0441 e. The zero-order valence-corrected chi connectivity index (χ0v) is 14.2. The molecular formula is C16H25ClN2S. The predicted octanol–water partition coefficient (Wildman–Crippen LogP) is 3.22. The Kier molecular flexibility index (Phi) is 6.21. The normalized spacial score (nSPS) is 21.9. The van der Waals surface area contributed by atoms with E-state index >= 15 is 0 Å². The van der Waals surface area contributed by atoms with Gasteiger partial charge in [-0.15, -0.1) is 0 Å². The van der Waals surface area contributed by atoms with Crippen molar-refractivity contribution in [3.8, 4) is 0 Å². The molecule has 0 radical (unpaired) electrons. The molecule has 1 heterocycles. The molecule has 0 aliphatic carbocycles. The van der Waals surface area contributed by atoms with Gasteiger partial charge in [-0.2, -0.15) is 11.8 Å². The number of rotatable bonds is 5. The lowest BCUT2D eigenvalue weighted by atomic mass is 9.98. The molecule has 0 bridgehead atoms. The molecule has 1 N–H and O–H groups in total. The Labute approximate surface area is 132 Å². The minimum atomic E-state index is 0.470. The first-order valence-corrected chi connectivity index (χ1v) is 8.91. The second kappa shape index (κ2) is 7.69. The third-order valence-electron chi connectivity index (χ3n) is 4.02. The van der Waals surface area contributed by atoms with Crippen LogP contribution in [-0.4, -0.2) is 48.6 Å². The van der Waals surface area contributed by atoms with Gasteiger partial charge in [0, 0.05) is 35.2 Å². The second-order valence-corrected chi connectivity index (χ2v) is 7.14. The summed E-state index contributed by atoms with van der Waals surface area (Å²) in [6.07, 6.45) is 1.00.